The molecule has 1 aromatic carbocycles. The van der Waals surface area contributed by atoms with Gasteiger partial charge in [0, 0.05) is 12.1 Å². The van der Waals surface area contributed by atoms with Gasteiger partial charge in [-0.25, -0.2) is 0 Å². The average molecular weight is 358 g/mol. The van der Waals surface area contributed by atoms with Crippen molar-refractivity contribution in [1.29, 1.82) is 0 Å². The van der Waals surface area contributed by atoms with Gasteiger partial charge in [0.2, 0.25) is 5.91 Å². The van der Waals surface area contributed by atoms with E-state index in [0.717, 1.165) is 12.8 Å². The average Bonchev–Trinajstić information content (AvgIpc) is 3.20. The molecule has 1 atom stereocenters. The first-order valence-electron chi connectivity index (χ1n) is 6.47. The van der Waals surface area contributed by atoms with Crippen LogP contribution in [0.2, 0.25) is 0 Å². The molecular weight excluding hydrogens is 342 g/mol. The first kappa shape index (κ1) is 15.7. The fraction of sp³-hybridized carbons (Fsp3) is 0.462. The molecule has 0 heterocycles. The van der Waals surface area contributed by atoms with Gasteiger partial charge in [-0.3, -0.25) is 20.2 Å². The zero-order valence-corrected chi connectivity index (χ0v) is 13.1. The SMILES string of the molecule is CC(COc1cccc([N+](=O)[O-])c1Br)(NC1CC1)C(N)=O. The maximum atomic E-state index is 11.6. The highest BCUT2D eigenvalue weighted by atomic mass is 79.9. The summed E-state index contributed by atoms with van der Waals surface area (Å²) in [5, 5.41) is 14.0. The highest BCUT2D eigenvalue weighted by Crippen LogP contribution is 2.34. The van der Waals surface area contributed by atoms with E-state index in [0.29, 0.717) is 5.75 Å². The molecule has 1 aromatic rings. The second kappa shape index (κ2) is 5.98. The normalized spacial score (nSPS) is 17.0. The van der Waals surface area contributed by atoms with Gasteiger partial charge in [0.1, 0.15) is 22.4 Å². The molecule has 8 heteroatoms. The molecule has 114 valence electrons. The molecule has 1 aliphatic rings. The fourth-order valence-corrected chi connectivity index (χ4v) is 2.36. The number of nitrogens with one attached hydrogen (secondary N) is 1. The number of rotatable bonds is 7. The van der Waals surface area contributed by atoms with Crippen molar-refractivity contribution < 1.29 is 14.5 Å². The van der Waals surface area contributed by atoms with Crippen molar-refractivity contribution in [2.24, 2.45) is 5.73 Å². The van der Waals surface area contributed by atoms with Crippen LogP contribution >= 0.6 is 15.9 Å². The summed E-state index contributed by atoms with van der Waals surface area (Å²) in [7, 11) is 0. The van der Waals surface area contributed by atoms with Crippen LogP contribution in [0.25, 0.3) is 0 Å². The van der Waals surface area contributed by atoms with E-state index in [1.54, 1.807) is 13.0 Å². The Balaban J connectivity index is 2.12. The number of carbonyl (C=O) groups is 1. The molecule has 1 amide bonds. The Kier molecular flexibility index (Phi) is 4.48. The first-order valence-corrected chi connectivity index (χ1v) is 7.26. The van der Waals surface area contributed by atoms with Gasteiger partial charge >= 0.3 is 0 Å². The van der Waals surface area contributed by atoms with Crippen molar-refractivity contribution in [3.63, 3.8) is 0 Å². The molecule has 7 nitrogen and oxygen atoms in total. The number of halogens is 1. The minimum absolute atomic E-state index is 0.00139. The third-order valence-corrected chi connectivity index (χ3v) is 4.10. The van der Waals surface area contributed by atoms with Crippen molar-refractivity contribution in [3.8, 4) is 5.75 Å². The largest absolute Gasteiger partial charge is 0.490 e. The van der Waals surface area contributed by atoms with E-state index in [-0.39, 0.29) is 22.8 Å². The minimum atomic E-state index is -1.01. The lowest BCUT2D eigenvalue weighted by Gasteiger charge is -2.27. The number of hydrogen-bond acceptors (Lipinski definition) is 5. The van der Waals surface area contributed by atoms with Crippen LogP contribution < -0.4 is 15.8 Å². The molecule has 0 spiro atoms. The van der Waals surface area contributed by atoms with Crippen molar-refractivity contribution in [2.45, 2.75) is 31.3 Å². The number of benzene rings is 1. The highest BCUT2D eigenvalue weighted by molar-refractivity contribution is 9.10. The number of ether oxygens (including phenoxy) is 1. The van der Waals surface area contributed by atoms with Gasteiger partial charge in [0.05, 0.1) is 4.92 Å². The Hall–Kier alpha value is -1.67. The highest BCUT2D eigenvalue weighted by Gasteiger charge is 2.38. The maximum Gasteiger partial charge on any atom is 0.287 e. The summed E-state index contributed by atoms with van der Waals surface area (Å²) in [4.78, 5) is 22.0. The molecule has 2 rings (SSSR count). The summed E-state index contributed by atoms with van der Waals surface area (Å²) in [5.41, 5.74) is 4.32. The van der Waals surface area contributed by atoms with Crippen molar-refractivity contribution in [1.82, 2.24) is 5.32 Å². The van der Waals surface area contributed by atoms with E-state index in [9.17, 15) is 14.9 Å². The molecule has 1 unspecified atom stereocenters. The Morgan fingerprint density at radius 2 is 2.29 bits per heavy atom. The quantitative estimate of drug-likeness (QED) is 0.570. The molecule has 0 aliphatic heterocycles. The monoisotopic (exact) mass is 357 g/mol. The van der Waals surface area contributed by atoms with Crippen molar-refractivity contribution >= 4 is 27.5 Å². The first-order chi connectivity index (χ1) is 9.83. The molecule has 3 N–H and O–H groups in total. The van der Waals surface area contributed by atoms with Crippen LogP contribution in [0.3, 0.4) is 0 Å². The van der Waals surface area contributed by atoms with Gasteiger partial charge in [-0.05, 0) is 41.8 Å². The molecule has 0 bridgehead atoms. The van der Waals surface area contributed by atoms with Crippen LogP contribution in [0, 0.1) is 10.1 Å². The van der Waals surface area contributed by atoms with E-state index in [2.05, 4.69) is 21.2 Å². The van der Waals surface area contributed by atoms with E-state index in [1.165, 1.54) is 12.1 Å². The van der Waals surface area contributed by atoms with E-state index < -0.39 is 16.4 Å². The molecule has 1 aliphatic carbocycles. The van der Waals surface area contributed by atoms with Gasteiger partial charge in [-0.2, -0.15) is 0 Å². The predicted molar refractivity (Wildman–Crippen MR) is 80.0 cm³/mol. The molecule has 1 saturated carbocycles. The van der Waals surface area contributed by atoms with Crippen LogP contribution in [0.4, 0.5) is 5.69 Å². The lowest BCUT2D eigenvalue weighted by atomic mass is 10.0. The number of amides is 1. The molecule has 0 radical (unpaired) electrons. The lowest BCUT2D eigenvalue weighted by molar-refractivity contribution is -0.385. The van der Waals surface area contributed by atoms with Crippen LogP contribution in [-0.2, 0) is 4.79 Å². The summed E-state index contributed by atoms with van der Waals surface area (Å²) in [6, 6.07) is 4.76. The second-order valence-corrected chi connectivity index (χ2v) is 6.04. The lowest BCUT2D eigenvalue weighted by Crippen LogP contribution is -2.57. The van der Waals surface area contributed by atoms with Gasteiger partial charge in [0.25, 0.3) is 5.69 Å². The van der Waals surface area contributed by atoms with Gasteiger partial charge < -0.3 is 10.5 Å². The number of nitro benzene ring substituents is 1. The van der Waals surface area contributed by atoms with Crippen LogP contribution in [-0.4, -0.2) is 29.0 Å². The summed E-state index contributed by atoms with van der Waals surface area (Å²) in [6.07, 6.45) is 2.01. The Morgan fingerprint density at radius 3 is 2.81 bits per heavy atom. The summed E-state index contributed by atoms with van der Waals surface area (Å²) < 4.78 is 5.81. The summed E-state index contributed by atoms with van der Waals surface area (Å²) in [6.45, 7) is 1.66. The number of hydrogen-bond donors (Lipinski definition) is 2. The Labute approximate surface area is 130 Å². The fourth-order valence-electron chi connectivity index (χ4n) is 1.84. The van der Waals surface area contributed by atoms with Crippen molar-refractivity contribution in [3.05, 3.63) is 32.8 Å². The molecule has 21 heavy (non-hydrogen) atoms. The smallest absolute Gasteiger partial charge is 0.287 e. The third-order valence-electron chi connectivity index (χ3n) is 3.30. The van der Waals surface area contributed by atoms with E-state index in [1.807, 2.05) is 0 Å². The summed E-state index contributed by atoms with van der Waals surface area (Å²) >= 11 is 3.15. The Bertz CT molecular complexity index is 577. The molecular formula is C13H16BrN3O4. The van der Waals surface area contributed by atoms with E-state index in [4.69, 9.17) is 10.5 Å². The number of nitrogens with two attached hydrogens (primary N) is 1. The van der Waals surface area contributed by atoms with Crippen LogP contribution in [0.1, 0.15) is 19.8 Å². The molecule has 1 fully saturated rings. The predicted octanol–water partition coefficient (Wildman–Crippen LogP) is 1.73. The Morgan fingerprint density at radius 1 is 1.62 bits per heavy atom. The standard InChI is InChI=1S/C13H16BrN3O4/c1-13(12(15)18,16-8-5-6-8)7-21-10-4-2-3-9(11(10)14)17(19)20/h2-4,8,16H,5-7H2,1H3,(H2,15,18). The topological polar surface area (TPSA) is 107 Å². The zero-order chi connectivity index (χ0) is 15.6. The number of primary amides is 1. The molecule has 0 saturated heterocycles. The zero-order valence-electron chi connectivity index (χ0n) is 11.5. The van der Waals surface area contributed by atoms with Crippen molar-refractivity contribution in [2.75, 3.05) is 6.61 Å². The second-order valence-electron chi connectivity index (χ2n) is 5.25. The van der Waals surface area contributed by atoms with Crippen LogP contribution in [0.5, 0.6) is 5.75 Å². The van der Waals surface area contributed by atoms with Crippen LogP contribution in [0.15, 0.2) is 22.7 Å². The third kappa shape index (κ3) is 3.70. The van der Waals surface area contributed by atoms with Gasteiger partial charge in [-0.1, -0.05) is 6.07 Å². The van der Waals surface area contributed by atoms with E-state index >= 15 is 0 Å². The summed E-state index contributed by atoms with van der Waals surface area (Å²) in [5.74, 6) is -0.217. The molecule has 0 aromatic heterocycles. The minimum Gasteiger partial charge on any atom is -0.490 e. The van der Waals surface area contributed by atoms with Gasteiger partial charge in [-0.15, -0.1) is 0 Å². The van der Waals surface area contributed by atoms with Gasteiger partial charge in [0.15, 0.2) is 0 Å². The number of carbonyl (C=O) groups excluding carboxylic acids is 1. The number of nitro groups is 1. The number of nitrogens with zero attached hydrogens (tertiary/aromatic N) is 1. The maximum absolute atomic E-state index is 11.6.